The molecule has 1 fully saturated rings. The van der Waals surface area contributed by atoms with Crippen molar-refractivity contribution in [3.63, 3.8) is 0 Å². The van der Waals surface area contributed by atoms with Gasteiger partial charge in [0.2, 0.25) is 5.65 Å². The molecule has 2 aromatic carbocycles. The number of hydrogen-bond donors (Lipinski definition) is 1. The van der Waals surface area contributed by atoms with Crippen molar-refractivity contribution in [2.45, 2.75) is 0 Å². The number of carbonyl (C=O) groups is 2. The Kier molecular flexibility index (Phi) is 5.02. The number of oxazole rings is 1. The highest BCUT2D eigenvalue weighted by atomic mass is 16.3. The zero-order valence-corrected chi connectivity index (χ0v) is 18.4. The Morgan fingerprint density at radius 1 is 0.914 bits per heavy atom. The number of fused-ring (bicyclic) bond motifs is 3. The first-order valence-electron chi connectivity index (χ1n) is 11.0. The summed E-state index contributed by atoms with van der Waals surface area (Å²) in [5.74, 6) is 0.235. The molecule has 12 nitrogen and oxygen atoms in total. The molecule has 2 amide bonds. The Hall–Kier alpha value is -4.87. The zero-order valence-electron chi connectivity index (χ0n) is 18.4. The number of rotatable bonds is 4. The number of benzene rings is 2. The van der Waals surface area contributed by atoms with E-state index in [0.717, 1.165) is 16.7 Å². The van der Waals surface area contributed by atoms with Crippen molar-refractivity contribution in [3.05, 3.63) is 72.4 Å². The normalized spacial score (nSPS) is 13.9. The number of nitrogens with one attached hydrogen (secondary N) is 1. The van der Waals surface area contributed by atoms with Crippen LogP contribution in [0.2, 0.25) is 0 Å². The number of carbonyl (C=O) groups excluding carboxylic acids is 2. The van der Waals surface area contributed by atoms with Crippen LogP contribution in [-0.4, -0.2) is 77.8 Å². The number of anilines is 2. The molecule has 1 saturated heterocycles. The van der Waals surface area contributed by atoms with E-state index in [1.807, 2.05) is 36.4 Å². The van der Waals surface area contributed by atoms with E-state index < -0.39 is 0 Å². The second-order valence-corrected chi connectivity index (χ2v) is 8.02. The Labute approximate surface area is 198 Å². The van der Waals surface area contributed by atoms with E-state index in [1.165, 1.54) is 12.7 Å². The van der Waals surface area contributed by atoms with Gasteiger partial charge in [0.15, 0.2) is 17.9 Å². The maximum atomic E-state index is 13.0. The van der Waals surface area contributed by atoms with Gasteiger partial charge in [0.1, 0.15) is 6.26 Å². The van der Waals surface area contributed by atoms with Crippen molar-refractivity contribution in [1.29, 1.82) is 0 Å². The summed E-state index contributed by atoms with van der Waals surface area (Å²) in [5, 5.41) is 15.2. The standard InChI is InChI=1S/C23H19N9O3/c33-22(30-9-11-31(12-10-30)23(34)18-13-35-14-24-18)15-5-7-16(8-6-15)25-20-21-27-28-29-32(21)19-4-2-1-3-17(19)26-20/h1-8,13-14H,9-12H2,(H,25,26). The Bertz CT molecular complexity index is 1520. The molecule has 0 spiro atoms. The van der Waals surface area contributed by atoms with Gasteiger partial charge in [-0.05, 0) is 46.8 Å². The van der Waals surface area contributed by atoms with E-state index in [0.29, 0.717) is 43.2 Å². The van der Waals surface area contributed by atoms with Gasteiger partial charge in [-0.2, -0.15) is 4.52 Å². The zero-order chi connectivity index (χ0) is 23.8. The van der Waals surface area contributed by atoms with E-state index in [1.54, 1.807) is 26.4 Å². The van der Waals surface area contributed by atoms with Crippen LogP contribution in [0, 0.1) is 0 Å². The van der Waals surface area contributed by atoms with Gasteiger partial charge in [0, 0.05) is 37.4 Å². The highest BCUT2D eigenvalue weighted by Gasteiger charge is 2.26. The highest BCUT2D eigenvalue weighted by Crippen LogP contribution is 2.23. The van der Waals surface area contributed by atoms with Crippen molar-refractivity contribution in [2.75, 3.05) is 31.5 Å². The number of hydrogen-bond acceptors (Lipinski definition) is 9. The van der Waals surface area contributed by atoms with Gasteiger partial charge in [0.05, 0.1) is 11.0 Å². The van der Waals surface area contributed by atoms with Gasteiger partial charge in [-0.25, -0.2) is 9.97 Å². The molecular formula is C23H19N9O3. The van der Waals surface area contributed by atoms with Gasteiger partial charge in [-0.3, -0.25) is 9.59 Å². The third kappa shape index (κ3) is 3.80. The smallest absolute Gasteiger partial charge is 0.275 e. The van der Waals surface area contributed by atoms with Crippen LogP contribution in [0.15, 0.2) is 65.6 Å². The number of tetrazole rings is 1. The molecule has 0 aliphatic carbocycles. The largest absolute Gasteiger partial charge is 0.451 e. The van der Waals surface area contributed by atoms with Gasteiger partial charge < -0.3 is 19.5 Å². The van der Waals surface area contributed by atoms with Gasteiger partial charge in [-0.15, -0.1) is 5.10 Å². The lowest BCUT2D eigenvalue weighted by Gasteiger charge is -2.34. The summed E-state index contributed by atoms with van der Waals surface area (Å²) in [7, 11) is 0. The number of piperazine rings is 1. The summed E-state index contributed by atoms with van der Waals surface area (Å²) < 4.78 is 6.52. The lowest BCUT2D eigenvalue weighted by molar-refractivity contribution is 0.0532. The van der Waals surface area contributed by atoms with Crippen LogP contribution in [0.4, 0.5) is 11.5 Å². The highest BCUT2D eigenvalue weighted by molar-refractivity contribution is 5.95. The summed E-state index contributed by atoms with van der Waals surface area (Å²) in [4.78, 5) is 37.4. The van der Waals surface area contributed by atoms with E-state index in [9.17, 15) is 9.59 Å². The second kappa shape index (κ2) is 8.48. The summed E-state index contributed by atoms with van der Waals surface area (Å²) >= 11 is 0. The maximum absolute atomic E-state index is 13.0. The fourth-order valence-corrected chi connectivity index (χ4v) is 4.10. The third-order valence-corrected chi connectivity index (χ3v) is 5.92. The van der Waals surface area contributed by atoms with Gasteiger partial charge in [0.25, 0.3) is 11.8 Å². The van der Waals surface area contributed by atoms with E-state index in [2.05, 4.69) is 30.8 Å². The topological polar surface area (TPSA) is 135 Å². The molecule has 1 aliphatic rings. The predicted octanol–water partition coefficient (Wildman–Crippen LogP) is 2.00. The van der Waals surface area contributed by atoms with Crippen LogP contribution < -0.4 is 5.32 Å². The fourth-order valence-electron chi connectivity index (χ4n) is 4.10. The maximum Gasteiger partial charge on any atom is 0.275 e. The van der Waals surface area contributed by atoms with Crippen LogP contribution >= 0.6 is 0 Å². The molecule has 174 valence electrons. The lowest BCUT2D eigenvalue weighted by Crippen LogP contribution is -2.50. The van der Waals surface area contributed by atoms with Crippen molar-refractivity contribution < 1.29 is 14.0 Å². The average Bonchev–Trinajstić information content (AvgIpc) is 3.62. The van der Waals surface area contributed by atoms with E-state index >= 15 is 0 Å². The fraction of sp³-hybridized carbons (Fsp3) is 0.174. The summed E-state index contributed by atoms with van der Waals surface area (Å²) in [6, 6.07) is 14.8. The van der Waals surface area contributed by atoms with Crippen molar-refractivity contribution in [3.8, 4) is 0 Å². The second-order valence-electron chi connectivity index (χ2n) is 8.02. The number of amides is 2. The molecule has 6 rings (SSSR count). The first-order valence-corrected chi connectivity index (χ1v) is 11.0. The van der Waals surface area contributed by atoms with Crippen molar-refractivity contribution >= 4 is 40.0 Å². The van der Waals surface area contributed by atoms with Crippen LogP contribution in [0.25, 0.3) is 16.7 Å². The average molecular weight is 469 g/mol. The van der Waals surface area contributed by atoms with Gasteiger partial charge in [-0.1, -0.05) is 12.1 Å². The molecule has 0 unspecified atom stereocenters. The van der Waals surface area contributed by atoms with Gasteiger partial charge >= 0.3 is 0 Å². The molecule has 35 heavy (non-hydrogen) atoms. The first kappa shape index (κ1) is 20.7. The SMILES string of the molecule is O=C(c1ccc(Nc2nc3ccccc3n3nnnc23)cc1)N1CCN(C(=O)c2cocn2)CC1. The molecule has 5 aromatic rings. The first-order chi connectivity index (χ1) is 17.2. The monoisotopic (exact) mass is 469 g/mol. The van der Waals surface area contributed by atoms with Crippen molar-refractivity contribution in [2.24, 2.45) is 0 Å². The molecule has 0 radical (unpaired) electrons. The van der Waals surface area contributed by atoms with Crippen LogP contribution in [0.1, 0.15) is 20.8 Å². The van der Waals surface area contributed by atoms with Crippen LogP contribution in [0.5, 0.6) is 0 Å². The third-order valence-electron chi connectivity index (χ3n) is 5.92. The molecule has 1 aliphatic heterocycles. The molecular weight excluding hydrogens is 450 g/mol. The Balaban J connectivity index is 1.14. The predicted molar refractivity (Wildman–Crippen MR) is 124 cm³/mol. The minimum Gasteiger partial charge on any atom is -0.451 e. The number of aromatic nitrogens is 6. The molecule has 3 aromatic heterocycles. The van der Waals surface area contributed by atoms with Crippen molar-refractivity contribution in [1.82, 2.24) is 39.8 Å². The van der Waals surface area contributed by atoms with E-state index in [4.69, 9.17) is 4.42 Å². The number of para-hydroxylation sites is 2. The minimum atomic E-state index is -0.194. The quantitative estimate of drug-likeness (QED) is 0.419. The number of nitrogens with zero attached hydrogens (tertiary/aromatic N) is 8. The summed E-state index contributed by atoms with van der Waals surface area (Å²) in [5.41, 5.74) is 3.64. The Morgan fingerprint density at radius 2 is 1.66 bits per heavy atom. The summed E-state index contributed by atoms with van der Waals surface area (Å²) in [6.45, 7) is 1.77. The van der Waals surface area contributed by atoms with E-state index in [-0.39, 0.29) is 17.5 Å². The molecule has 0 bridgehead atoms. The molecule has 1 N–H and O–H groups in total. The Morgan fingerprint density at radius 3 is 2.40 bits per heavy atom. The molecule has 4 heterocycles. The lowest BCUT2D eigenvalue weighted by atomic mass is 10.1. The van der Waals surface area contributed by atoms with Crippen LogP contribution in [0.3, 0.4) is 0 Å². The minimum absolute atomic E-state index is 0.0852. The summed E-state index contributed by atoms with van der Waals surface area (Å²) in [6.07, 6.45) is 2.56. The molecule has 0 atom stereocenters. The molecule has 0 saturated carbocycles. The molecule has 12 heteroatoms. The van der Waals surface area contributed by atoms with Crippen LogP contribution in [-0.2, 0) is 0 Å².